The highest BCUT2D eigenvalue weighted by molar-refractivity contribution is 5.18. The second-order valence-corrected chi connectivity index (χ2v) is 3.49. The van der Waals surface area contributed by atoms with Crippen molar-refractivity contribution in [2.45, 2.75) is 39.7 Å². The van der Waals surface area contributed by atoms with Crippen LogP contribution in [-0.4, -0.2) is 11.0 Å². The predicted octanol–water partition coefficient (Wildman–Crippen LogP) is 3.44. The molecule has 4 heteroatoms. The maximum atomic E-state index is 10.3. The van der Waals surface area contributed by atoms with Crippen LogP contribution in [-0.2, 0) is 4.74 Å². The molecule has 0 aromatic rings. The molecule has 0 rings (SSSR count). The van der Waals surface area contributed by atoms with Gasteiger partial charge in [0.1, 0.15) is 5.76 Å². The molecule has 0 saturated carbocycles. The highest BCUT2D eigenvalue weighted by Crippen LogP contribution is 2.10. The van der Waals surface area contributed by atoms with Crippen LogP contribution in [0.2, 0.25) is 0 Å². The standard InChI is InChI=1S/C12H19NO3/c1-5-7-11(4)16-12(6-2)9-8-10(3)13(14)15/h6,8-9,11H,3,5,7H2,1-2,4H3/b9-8-,12-6+. The number of hydrogen-bond acceptors (Lipinski definition) is 3. The molecular formula is C12H19NO3. The summed E-state index contributed by atoms with van der Waals surface area (Å²) >= 11 is 0. The lowest BCUT2D eigenvalue weighted by atomic mass is 10.2. The minimum absolute atomic E-state index is 0.115. The maximum absolute atomic E-state index is 10.3. The van der Waals surface area contributed by atoms with Gasteiger partial charge in [0, 0.05) is 6.08 Å². The van der Waals surface area contributed by atoms with E-state index in [0.717, 1.165) is 12.8 Å². The first-order valence-corrected chi connectivity index (χ1v) is 5.35. The third kappa shape index (κ3) is 6.01. The molecule has 90 valence electrons. The summed E-state index contributed by atoms with van der Waals surface area (Å²) in [5.74, 6) is 0.629. The minimum atomic E-state index is -0.529. The summed E-state index contributed by atoms with van der Waals surface area (Å²) < 4.78 is 5.58. The molecule has 0 radical (unpaired) electrons. The smallest absolute Gasteiger partial charge is 0.262 e. The second-order valence-electron chi connectivity index (χ2n) is 3.49. The van der Waals surface area contributed by atoms with E-state index in [9.17, 15) is 10.1 Å². The van der Waals surface area contributed by atoms with E-state index in [2.05, 4.69) is 13.5 Å². The lowest BCUT2D eigenvalue weighted by molar-refractivity contribution is -0.418. The molecule has 0 aliphatic heterocycles. The zero-order valence-electron chi connectivity index (χ0n) is 10.1. The Morgan fingerprint density at radius 2 is 2.19 bits per heavy atom. The van der Waals surface area contributed by atoms with Gasteiger partial charge in [-0.25, -0.2) is 0 Å². The van der Waals surface area contributed by atoms with Gasteiger partial charge >= 0.3 is 0 Å². The number of ether oxygens (including phenoxy) is 1. The lowest BCUT2D eigenvalue weighted by Crippen LogP contribution is -2.06. The van der Waals surface area contributed by atoms with Crippen molar-refractivity contribution in [1.29, 1.82) is 0 Å². The molecule has 0 heterocycles. The fourth-order valence-electron chi connectivity index (χ4n) is 1.14. The summed E-state index contributed by atoms with van der Waals surface area (Å²) in [5, 5.41) is 10.3. The van der Waals surface area contributed by atoms with Crippen molar-refractivity contribution in [3.63, 3.8) is 0 Å². The van der Waals surface area contributed by atoms with Crippen LogP contribution in [0.3, 0.4) is 0 Å². The molecule has 1 atom stereocenters. The van der Waals surface area contributed by atoms with Gasteiger partial charge in [0.05, 0.1) is 11.0 Å². The summed E-state index contributed by atoms with van der Waals surface area (Å²) in [7, 11) is 0. The van der Waals surface area contributed by atoms with Gasteiger partial charge < -0.3 is 4.74 Å². The van der Waals surface area contributed by atoms with E-state index < -0.39 is 4.92 Å². The SMILES string of the molecule is C=C(/C=C\C(=C/C)OC(C)CCC)[N+](=O)[O-]. The van der Waals surface area contributed by atoms with Crippen molar-refractivity contribution in [1.82, 2.24) is 0 Å². The maximum Gasteiger partial charge on any atom is 0.262 e. The van der Waals surface area contributed by atoms with Crippen LogP contribution in [0.5, 0.6) is 0 Å². The van der Waals surface area contributed by atoms with Crippen molar-refractivity contribution < 1.29 is 9.66 Å². The molecule has 0 amide bonds. The monoisotopic (exact) mass is 225 g/mol. The first kappa shape index (κ1) is 14.4. The van der Waals surface area contributed by atoms with E-state index in [1.807, 2.05) is 13.8 Å². The molecule has 16 heavy (non-hydrogen) atoms. The topological polar surface area (TPSA) is 52.4 Å². The van der Waals surface area contributed by atoms with E-state index in [4.69, 9.17) is 4.74 Å². The number of nitrogens with zero attached hydrogens (tertiary/aromatic N) is 1. The van der Waals surface area contributed by atoms with E-state index in [1.165, 1.54) is 6.08 Å². The third-order valence-electron chi connectivity index (χ3n) is 1.99. The van der Waals surface area contributed by atoms with Gasteiger partial charge in [0.2, 0.25) is 0 Å². The molecule has 1 unspecified atom stereocenters. The summed E-state index contributed by atoms with van der Waals surface area (Å²) in [6.07, 6.45) is 6.80. The zero-order chi connectivity index (χ0) is 12.6. The fraction of sp³-hybridized carbons (Fsp3) is 0.500. The molecule has 0 bridgehead atoms. The third-order valence-corrected chi connectivity index (χ3v) is 1.99. The van der Waals surface area contributed by atoms with E-state index in [0.29, 0.717) is 5.76 Å². The number of rotatable bonds is 7. The van der Waals surface area contributed by atoms with Crippen molar-refractivity contribution in [2.24, 2.45) is 0 Å². The zero-order valence-corrected chi connectivity index (χ0v) is 10.1. The summed E-state index contributed by atoms with van der Waals surface area (Å²) in [6.45, 7) is 9.19. The Morgan fingerprint density at radius 1 is 1.56 bits per heavy atom. The Kier molecular flexibility index (Phi) is 6.92. The highest BCUT2D eigenvalue weighted by atomic mass is 16.6. The highest BCUT2D eigenvalue weighted by Gasteiger charge is 2.04. The molecule has 0 fully saturated rings. The molecular weight excluding hydrogens is 206 g/mol. The van der Waals surface area contributed by atoms with Gasteiger partial charge in [-0.15, -0.1) is 0 Å². The van der Waals surface area contributed by atoms with Gasteiger partial charge in [-0.05, 0) is 39.0 Å². The van der Waals surface area contributed by atoms with Crippen LogP contribution in [0.4, 0.5) is 0 Å². The minimum Gasteiger partial charge on any atom is -0.491 e. The van der Waals surface area contributed by atoms with Crippen LogP contribution in [0.15, 0.2) is 36.3 Å². The first-order chi connectivity index (χ1) is 7.51. The molecule has 0 aliphatic carbocycles. The quantitative estimate of drug-likeness (QED) is 0.288. The van der Waals surface area contributed by atoms with Crippen molar-refractivity contribution in [2.75, 3.05) is 0 Å². The lowest BCUT2D eigenvalue weighted by Gasteiger charge is -2.13. The van der Waals surface area contributed by atoms with Gasteiger partial charge in [0.15, 0.2) is 0 Å². The Hall–Kier alpha value is -1.58. The Labute approximate surface area is 96.5 Å². The summed E-state index contributed by atoms with van der Waals surface area (Å²) in [6, 6.07) is 0. The first-order valence-electron chi connectivity index (χ1n) is 5.35. The Balaban J connectivity index is 4.32. The van der Waals surface area contributed by atoms with Gasteiger partial charge in [0.25, 0.3) is 5.70 Å². The number of allylic oxidation sites excluding steroid dienone is 3. The van der Waals surface area contributed by atoms with Crippen LogP contribution >= 0.6 is 0 Å². The Morgan fingerprint density at radius 3 is 2.62 bits per heavy atom. The number of hydrogen-bond donors (Lipinski definition) is 0. The fourth-order valence-corrected chi connectivity index (χ4v) is 1.14. The molecule has 0 N–H and O–H groups in total. The van der Waals surface area contributed by atoms with E-state index >= 15 is 0 Å². The molecule has 0 spiro atoms. The normalized spacial score (nSPS) is 13.8. The van der Waals surface area contributed by atoms with Gasteiger partial charge in [-0.2, -0.15) is 0 Å². The molecule has 0 aliphatic rings. The largest absolute Gasteiger partial charge is 0.491 e. The molecule has 0 aromatic heterocycles. The second kappa shape index (κ2) is 7.68. The molecule has 0 saturated heterocycles. The van der Waals surface area contributed by atoms with Crippen LogP contribution in [0, 0.1) is 10.1 Å². The summed E-state index contributed by atoms with van der Waals surface area (Å²) in [4.78, 5) is 9.79. The molecule has 0 aromatic carbocycles. The van der Waals surface area contributed by atoms with Gasteiger partial charge in [-0.1, -0.05) is 13.3 Å². The van der Waals surface area contributed by atoms with Crippen LogP contribution in [0.25, 0.3) is 0 Å². The van der Waals surface area contributed by atoms with Crippen LogP contribution < -0.4 is 0 Å². The number of nitro groups is 1. The van der Waals surface area contributed by atoms with Gasteiger partial charge in [-0.3, -0.25) is 10.1 Å². The van der Waals surface area contributed by atoms with E-state index in [1.54, 1.807) is 12.2 Å². The van der Waals surface area contributed by atoms with Crippen molar-refractivity contribution >= 4 is 0 Å². The Bertz CT molecular complexity index is 305. The van der Waals surface area contributed by atoms with Crippen molar-refractivity contribution in [3.8, 4) is 0 Å². The average molecular weight is 225 g/mol. The molecule has 4 nitrogen and oxygen atoms in total. The summed E-state index contributed by atoms with van der Waals surface area (Å²) in [5.41, 5.74) is -0.147. The van der Waals surface area contributed by atoms with Crippen molar-refractivity contribution in [3.05, 3.63) is 46.4 Å². The van der Waals surface area contributed by atoms with E-state index in [-0.39, 0.29) is 11.8 Å². The predicted molar refractivity (Wildman–Crippen MR) is 64.5 cm³/mol. The van der Waals surface area contributed by atoms with Crippen LogP contribution in [0.1, 0.15) is 33.6 Å². The average Bonchev–Trinajstić information content (AvgIpc) is 2.23.